The molecular weight excluding hydrogens is 325 g/mol. The minimum Gasteiger partial charge on any atom is -0.336 e. The van der Waals surface area contributed by atoms with E-state index in [4.69, 9.17) is 0 Å². The molecule has 132 valence electrons. The normalized spacial score (nSPS) is 29.1. The summed E-state index contributed by atoms with van der Waals surface area (Å²) in [5.41, 5.74) is 0.0314. The van der Waals surface area contributed by atoms with Gasteiger partial charge in [-0.15, -0.1) is 0 Å². The van der Waals surface area contributed by atoms with Crippen molar-refractivity contribution in [1.82, 2.24) is 14.7 Å². The Kier molecular flexibility index (Phi) is 3.56. The largest absolute Gasteiger partial charge is 0.336 e. The number of hydrogen-bond acceptors (Lipinski definition) is 3. The summed E-state index contributed by atoms with van der Waals surface area (Å²) in [5.74, 6) is -0.788. The van der Waals surface area contributed by atoms with Crippen LogP contribution in [0.2, 0.25) is 0 Å². The van der Waals surface area contributed by atoms with E-state index >= 15 is 0 Å². The molecule has 0 spiro atoms. The highest BCUT2D eigenvalue weighted by Crippen LogP contribution is 2.39. The van der Waals surface area contributed by atoms with Gasteiger partial charge in [-0.05, 0) is 43.9 Å². The molecule has 3 saturated heterocycles. The van der Waals surface area contributed by atoms with E-state index in [1.165, 1.54) is 17.0 Å². The number of halogens is 1. The van der Waals surface area contributed by atoms with Gasteiger partial charge in [-0.2, -0.15) is 0 Å². The molecule has 0 N–H and O–H groups in total. The van der Waals surface area contributed by atoms with Crippen LogP contribution in [0.1, 0.15) is 31.7 Å². The predicted molar refractivity (Wildman–Crippen MR) is 86.8 cm³/mol. The summed E-state index contributed by atoms with van der Waals surface area (Å²) in [5, 5.41) is 0. The molecule has 3 aliphatic heterocycles. The van der Waals surface area contributed by atoms with E-state index in [0.29, 0.717) is 32.5 Å². The average Bonchev–Trinajstić information content (AvgIpc) is 3.19. The van der Waals surface area contributed by atoms with Crippen molar-refractivity contribution in [3.63, 3.8) is 0 Å². The lowest BCUT2D eigenvalue weighted by molar-refractivity contribution is -0.140. The highest BCUT2D eigenvalue weighted by molar-refractivity contribution is 6.10. The first-order chi connectivity index (χ1) is 11.9. The number of imide groups is 1. The Bertz CT molecular complexity index is 750. The average molecular weight is 345 g/mol. The van der Waals surface area contributed by atoms with Gasteiger partial charge in [-0.1, -0.05) is 12.1 Å². The number of hydrogen-bond donors (Lipinski definition) is 0. The van der Waals surface area contributed by atoms with Gasteiger partial charge in [0.05, 0.1) is 0 Å². The maximum atomic E-state index is 13.0. The molecule has 3 fully saturated rings. The molecule has 2 atom stereocenters. The van der Waals surface area contributed by atoms with Gasteiger partial charge in [0.2, 0.25) is 5.91 Å². The summed E-state index contributed by atoms with van der Waals surface area (Å²) < 4.78 is 13.0. The van der Waals surface area contributed by atoms with Gasteiger partial charge in [0.25, 0.3) is 5.91 Å². The lowest BCUT2D eigenvalue weighted by atomic mass is 9.99. The smallest absolute Gasteiger partial charge is 0.328 e. The summed E-state index contributed by atoms with van der Waals surface area (Å²) in [4.78, 5) is 42.6. The fourth-order valence-electron chi connectivity index (χ4n) is 4.17. The topological polar surface area (TPSA) is 60.9 Å². The molecule has 25 heavy (non-hydrogen) atoms. The van der Waals surface area contributed by atoms with Crippen molar-refractivity contribution >= 4 is 17.8 Å². The SMILES string of the molecule is C[C@@]12CCCN1C(=O)N([C@@H]1CCN(Cc3ccc(F)cc3)C1=O)C2=O. The predicted octanol–water partition coefficient (Wildman–Crippen LogP) is 1.74. The Labute approximate surface area is 145 Å². The lowest BCUT2D eigenvalue weighted by Gasteiger charge is -2.23. The fraction of sp³-hybridized carbons (Fsp3) is 0.500. The highest BCUT2D eigenvalue weighted by atomic mass is 19.1. The molecule has 6 nitrogen and oxygen atoms in total. The summed E-state index contributed by atoms with van der Waals surface area (Å²) >= 11 is 0. The maximum Gasteiger partial charge on any atom is 0.328 e. The van der Waals surface area contributed by atoms with Crippen molar-refractivity contribution in [3.05, 3.63) is 35.6 Å². The van der Waals surface area contributed by atoms with Gasteiger partial charge in [-0.25, -0.2) is 14.1 Å². The van der Waals surface area contributed by atoms with E-state index in [1.807, 2.05) is 0 Å². The van der Waals surface area contributed by atoms with E-state index < -0.39 is 11.6 Å². The Morgan fingerprint density at radius 3 is 2.56 bits per heavy atom. The first kappa shape index (κ1) is 16.1. The minimum absolute atomic E-state index is 0.212. The van der Waals surface area contributed by atoms with E-state index in [9.17, 15) is 18.8 Å². The van der Waals surface area contributed by atoms with Crippen LogP contribution in [-0.2, 0) is 16.1 Å². The molecule has 4 amide bonds. The lowest BCUT2D eigenvalue weighted by Crippen LogP contribution is -2.47. The van der Waals surface area contributed by atoms with Crippen LogP contribution in [0.5, 0.6) is 0 Å². The molecule has 7 heteroatoms. The molecule has 0 unspecified atom stereocenters. The fourth-order valence-corrected chi connectivity index (χ4v) is 4.17. The van der Waals surface area contributed by atoms with Crippen molar-refractivity contribution in [2.75, 3.05) is 13.1 Å². The van der Waals surface area contributed by atoms with Crippen molar-refractivity contribution in [3.8, 4) is 0 Å². The van der Waals surface area contributed by atoms with E-state index in [1.54, 1.807) is 28.9 Å². The zero-order chi connectivity index (χ0) is 17.8. The monoisotopic (exact) mass is 345 g/mol. The Hall–Kier alpha value is -2.44. The van der Waals surface area contributed by atoms with E-state index in [0.717, 1.165) is 12.0 Å². The number of likely N-dealkylation sites (tertiary alicyclic amines) is 1. The molecule has 0 aromatic heterocycles. The van der Waals surface area contributed by atoms with Crippen LogP contribution < -0.4 is 0 Å². The van der Waals surface area contributed by atoms with Gasteiger partial charge in [0.15, 0.2) is 0 Å². The van der Waals surface area contributed by atoms with Crippen molar-refractivity contribution < 1.29 is 18.8 Å². The van der Waals surface area contributed by atoms with E-state index in [-0.39, 0.29) is 23.7 Å². The molecular formula is C18H20FN3O3. The van der Waals surface area contributed by atoms with Crippen molar-refractivity contribution in [2.24, 2.45) is 0 Å². The van der Waals surface area contributed by atoms with E-state index in [2.05, 4.69) is 0 Å². The second kappa shape index (κ2) is 5.54. The molecule has 0 radical (unpaired) electrons. The maximum absolute atomic E-state index is 13.0. The van der Waals surface area contributed by atoms with Crippen LogP contribution in [0.15, 0.2) is 24.3 Å². The molecule has 1 aromatic carbocycles. The molecule has 0 saturated carbocycles. The van der Waals surface area contributed by atoms with Gasteiger partial charge in [0.1, 0.15) is 17.4 Å². The number of urea groups is 1. The van der Waals surface area contributed by atoms with Gasteiger partial charge < -0.3 is 9.80 Å². The van der Waals surface area contributed by atoms with Crippen LogP contribution >= 0.6 is 0 Å². The second-order valence-corrected chi connectivity index (χ2v) is 7.18. The number of benzene rings is 1. The number of amides is 4. The quantitative estimate of drug-likeness (QED) is 0.784. The first-order valence-electron chi connectivity index (χ1n) is 8.60. The molecule has 1 aromatic rings. The zero-order valence-corrected chi connectivity index (χ0v) is 14.1. The van der Waals surface area contributed by atoms with Crippen molar-refractivity contribution in [2.45, 2.75) is 44.3 Å². The standard InChI is InChI=1S/C18H20FN3O3/c1-18-8-2-9-21(18)17(25)22(16(18)24)14-7-10-20(15(14)23)11-12-3-5-13(19)6-4-12/h3-6,14H,2,7-11H2,1H3/t14-,18+/m1/s1. The number of carbonyl (C=O) groups is 3. The second-order valence-electron chi connectivity index (χ2n) is 7.18. The molecule has 3 aliphatic rings. The number of fused-ring (bicyclic) bond motifs is 1. The Morgan fingerprint density at radius 2 is 1.88 bits per heavy atom. The Morgan fingerprint density at radius 1 is 1.16 bits per heavy atom. The zero-order valence-electron chi connectivity index (χ0n) is 14.1. The minimum atomic E-state index is -0.790. The summed E-state index contributed by atoms with van der Waals surface area (Å²) in [7, 11) is 0. The summed E-state index contributed by atoms with van der Waals surface area (Å²) in [6.45, 7) is 3.19. The number of nitrogens with zero attached hydrogens (tertiary/aromatic N) is 3. The molecule has 4 rings (SSSR count). The Balaban J connectivity index is 1.51. The summed E-state index contributed by atoms with van der Waals surface area (Å²) in [6, 6.07) is 4.93. The molecule has 3 heterocycles. The summed E-state index contributed by atoms with van der Waals surface area (Å²) in [6.07, 6.45) is 1.91. The highest BCUT2D eigenvalue weighted by Gasteiger charge is 2.59. The number of carbonyl (C=O) groups excluding carboxylic acids is 3. The van der Waals surface area contributed by atoms with Crippen molar-refractivity contribution in [1.29, 1.82) is 0 Å². The van der Waals surface area contributed by atoms with Crippen LogP contribution in [0.25, 0.3) is 0 Å². The van der Waals surface area contributed by atoms with Gasteiger partial charge >= 0.3 is 6.03 Å². The third-order valence-corrected chi connectivity index (χ3v) is 5.63. The number of rotatable bonds is 3. The first-order valence-corrected chi connectivity index (χ1v) is 8.60. The third-order valence-electron chi connectivity index (χ3n) is 5.63. The van der Waals surface area contributed by atoms with Crippen LogP contribution in [0.3, 0.4) is 0 Å². The van der Waals surface area contributed by atoms with Crippen LogP contribution in [0.4, 0.5) is 9.18 Å². The molecule has 0 bridgehead atoms. The van der Waals surface area contributed by atoms with Crippen LogP contribution in [0, 0.1) is 5.82 Å². The molecule has 0 aliphatic carbocycles. The van der Waals surface area contributed by atoms with Gasteiger partial charge in [-0.3, -0.25) is 9.59 Å². The van der Waals surface area contributed by atoms with Gasteiger partial charge in [0, 0.05) is 19.6 Å². The van der Waals surface area contributed by atoms with Crippen LogP contribution in [-0.4, -0.2) is 57.2 Å². The third kappa shape index (κ3) is 2.33.